The monoisotopic (exact) mass is 231 g/mol. The fourth-order valence-corrected chi connectivity index (χ4v) is 1.57. The Bertz CT molecular complexity index is 531. The smallest absolute Gasteiger partial charge is 0.207 e. The van der Waals surface area contributed by atoms with Crippen LogP contribution in [0, 0.1) is 12.7 Å². The summed E-state index contributed by atoms with van der Waals surface area (Å²) < 4.78 is 15.0. The third-order valence-corrected chi connectivity index (χ3v) is 2.49. The van der Waals surface area contributed by atoms with E-state index in [0.717, 1.165) is 11.3 Å². The average molecular weight is 231 g/mol. The molecule has 0 spiro atoms. The summed E-state index contributed by atoms with van der Waals surface area (Å²) in [5.41, 5.74) is 1.70. The molecule has 3 nitrogen and oxygen atoms in total. The van der Waals surface area contributed by atoms with E-state index in [2.05, 4.69) is 16.9 Å². The van der Waals surface area contributed by atoms with Crippen LogP contribution in [0.4, 0.5) is 16.0 Å². The quantitative estimate of drug-likeness (QED) is 0.818. The normalized spacial score (nSPS) is 10.2. The van der Waals surface area contributed by atoms with E-state index in [1.54, 1.807) is 18.3 Å². The van der Waals surface area contributed by atoms with E-state index in [4.69, 9.17) is 0 Å². The van der Waals surface area contributed by atoms with Crippen LogP contribution in [0.3, 0.4) is 0 Å². The molecule has 2 aromatic rings. The molecule has 0 radical (unpaired) electrons. The third-order valence-electron chi connectivity index (χ3n) is 2.49. The van der Waals surface area contributed by atoms with Gasteiger partial charge in [-0.25, -0.2) is 9.37 Å². The van der Waals surface area contributed by atoms with Crippen LogP contribution in [0.15, 0.2) is 43.2 Å². The van der Waals surface area contributed by atoms with Crippen LogP contribution in [0.2, 0.25) is 0 Å². The number of halogens is 1. The van der Waals surface area contributed by atoms with Crippen molar-refractivity contribution in [2.24, 2.45) is 0 Å². The highest BCUT2D eigenvalue weighted by molar-refractivity contribution is 5.58. The number of rotatable bonds is 4. The van der Waals surface area contributed by atoms with E-state index in [1.807, 2.05) is 17.7 Å². The van der Waals surface area contributed by atoms with Crippen LogP contribution in [-0.4, -0.2) is 9.55 Å². The lowest BCUT2D eigenvalue weighted by atomic mass is 10.2. The van der Waals surface area contributed by atoms with Crippen molar-refractivity contribution >= 4 is 11.6 Å². The zero-order valence-corrected chi connectivity index (χ0v) is 9.65. The molecule has 0 saturated carbocycles. The number of benzene rings is 1. The molecule has 1 aromatic heterocycles. The maximum Gasteiger partial charge on any atom is 0.207 e. The van der Waals surface area contributed by atoms with Crippen LogP contribution >= 0.6 is 0 Å². The Morgan fingerprint density at radius 2 is 2.35 bits per heavy atom. The molecule has 0 unspecified atom stereocenters. The largest absolute Gasteiger partial charge is 0.325 e. The van der Waals surface area contributed by atoms with E-state index < -0.39 is 0 Å². The standard InChI is InChI=1S/C13H14FN3/c1-3-7-17-8-6-15-13(17)16-12-9-11(14)5-4-10(12)2/h3-6,8-9H,1,7H2,2H3,(H,15,16). The second-order valence-corrected chi connectivity index (χ2v) is 3.78. The molecule has 4 heteroatoms. The molecule has 88 valence electrons. The first-order chi connectivity index (χ1) is 8.20. The first kappa shape index (κ1) is 11.4. The van der Waals surface area contributed by atoms with Crippen molar-refractivity contribution in [2.75, 3.05) is 5.32 Å². The molecule has 1 N–H and O–H groups in total. The lowest BCUT2D eigenvalue weighted by Gasteiger charge is -2.10. The van der Waals surface area contributed by atoms with Gasteiger partial charge in [-0.3, -0.25) is 0 Å². The van der Waals surface area contributed by atoms with Crippen LogP contribution in [0.1, 0.15) is 5.56 Å². The number of nitrogens with zero attached hydrogens (tertiary/aromatic N) is 2. The Hall–Kier alpha value is -2.10. The minimum absolute atomic E-state index is 0.264. The SMILES string of the molecule is C=CCn1ccnc1Nc1cc(F)ccc1C. The van der Waals surface area contributed by atoms with Gasteiger partial charge in [-0.1, -0.05) is 12.1 Å². The molecule has 0 atom stereocenters. The summed E-state index contributed by atoms with van der Waals surface area (Å²) in [5, 5.41) is 3.11. The van der Waals surface area contributed by atoms with Gasteiger partial charge in [0.25, 0.3) is 0 Å². The molecule has 0 bridgehead atoms. The number of nitrogens with one attached hydrogen (secondary N) is 1. The van der Waals surface area contributed by atoms with E-state index >= 15 is 0 Å². The van der Waals surface area contributed by atoms with Crippen molar-refractivity contribution in [2.45, 2.75) is 13.5 Å². The zero-order chi connectivity index (χ0) is 12.3. The van der Waals surface area contributed by atoms with Gasteiger partial charge < -0.3 is 9.88 Å². The molecule has 1 heterocycles. The molecule has 1 aromatic carbocycles. The van der Waals surface area contributed by atoms with E-state index in [1.165, 1.54) is 12.1 Å². The fourth-order valence-electron chi connectivity index (χ4n) is 1.57. The van der Waals surface area contributed by atoms with Crippen LogP contribution in [0.5, 0.6) is 0 Å². The molecule has 0 fully saturated rings. The second-order valence-electron chi connectivity index (χ2n) is 3.78. The summed E-state index contributed by atoms with van der Waals surface area (Å²) in [4.78, 5) is 4.18. The molecule has 0 aliphatic carbocycles. The summed E-state index contributed by atoms with van der Waals surface area (Å²) in [6.07, 6.45) is 5.32. The summed E-state index contributed by atoms with van der Waals surface area (Å²) >= 11 is 0. The Labute approximate surface area is 99.6 Å². The van der Waals surface area contributed by atoms with E-state index in [-0.39, 0.29) is 5.82 Å². The van der Waals surface area contributed by atoms with Gasteiger partial charge >= 0.3 is 0 Å². The van der Waals surface area contributed by atoms with Gasteiger partial charge in [0.2, 0.25) is 5.95 Å². The number of hydrogen-bond acceptors (Lipinski definition) is 2. The first-order valence-corrected chi connectivity index (χ1v) is 5.36. The molecule has 2 rings (SSSR count). The second kappa shape index (κ2) is 4.82. The van der Waals surface area contributed by atoms with Crippen LogP contribution < -0.4 is 5.32 Å². The molecular formula is C13H14FN3. The molecule has 17 heavy (non-hydrogen) atoms. The minimum atomic E-state index is -0.264. The molecule has 0 aliphatic heterocycles. The Morgan fingerprint density at radius 1 is 1.53 bits per heavy atom. The van der Waals surface area contributed by atoms with Crippen molar-refractivity contribution < 1.29 is 4.39 Å². The maximum absolute atomic E-state index is 13.1. The summed E-state index contributed by atoms with van der Waals surface area (Å²) in [6.45, 7) is 6.26. The van der Waals surface area contributed by atoms with Crippen molar-refractivity contribution in [3.8, 4) is 0 Å². The van der Waals surface area contributed by atoms with Gasteiger partial charge in [-0.2, -0.15) is 0 Å². The van der Waals surface area contributed by atoms with Gasteiger partial charge in [0.1, 0.15) is 5.82 Å². The number of hydrogen-bond donors (Lipinski definition) is 1. The Kier molecular flexibility index (Phi) is 3.23. The molecule has 0 amide bonds. The highest BCUT2D eigenvalue weighted by Crippen LogP contribution is 2.20. The van der Waals surface area contributed by atoms with Crippen molar-refractivity contribution in [3.63, 3.8) is 0 Å². The summed E-state index contributed by atoms with van der Waals surface area (Å²) in [6, 6.07) is 4.64. The maximum atomic E-state index is 13.1. The highest BCUT2D eigenvalue weighted by atomic mass is 19.1. The van der Waals surface area contributed by atoms with Crippen LogP contribution in [0.25, 0.3) is 0 Å². The lowest BCUT2D eigenvalue weighted by Crippen LogP contribution is -2.03. The molecule has 0 saturated heterocycles. The topological polar surface area (TPSA) is 29.9 Å². The zero-order valence-electron chi connectivity index (χ0n) is 9.65. The molecular weight excluding hydrogens is 217 g/mol. The number of imidazole rings is 1. The lowest BCUT2D eigenvalue weighted by molar-refractivity contribution is 0.628. The van der Waals surface area contributed by atoms with E-state index in [9.17, 15) is 4.39 Å². The number of allylic oxidation sites excluding steroid dienone is 1. The van der Waals surface area contributed by atoms with Gasteiger partial charge in [-0.05, 0) is 24.6 Å². The number of aryl methyl sites for hydroxylation is 1. The van der Waals surface area contributed by atoms with Crippen molar-refractivity contribution in [1.29, 1.82) is 0 Å². The fraction of sp³-hybridized carbons (Fsp3) is 0.154. The molecule has 0 aliphatic rings. The highest BCUT2D eigenvalue weighted by Gasteiger charge is 2.05. The minimum Gasteiger partial charge on any atom is -0.325 e. The van der Waals surface area contributed by atoms with Gasteiger partial charge in [-0.15, -0.1) is 6.58 Å². The van der Waals surface area contributed by atoms with E-state index in [0.29, 0.717) is 12.5 Å². The van der Waals surface area contributed by atoms with Crippen molar-refractivity contribution in [3.05, 3.63) is 54.6 Å². The average Bonchev–Trinajstić information content (AvgIpc) is 2.72. The summed E-state index contributed by atoms with van der Waals surface area (Å²) in [7, 11) is 0. The number of anilines is 2. The van der Waals surface area contributed by atoms with Gasteiger partial charge in [0, 0.05) is 24.6 Å². The van der Waals surface area contributed by atoms with Gasteiger partial charge in [0.15, 0.2) is 0 Å². The predicted octanol–water partition coefficient (Wildman–Crippen LogP) is 3.26. The Balaban J connectivity index is 2.27. The predicted molar refractivity (Wildman–Crippen MR) is 66.8 cm³/mol. The first-order valence-electron chi connectivity index (χ1n) is 5.36. The number of aromatic nitrogens is 2. The van der Waals surface area contributed by atoms with Gasteiger partial charge in [0.05, 0.1) is 0 Å². The third kappa shape index (κ3) is 2.53. The summed E-state index contributed by atoms with van der Waals surface area (Å²) in [5.74, 6) is 0.415. The van der Waals surface area contributed by atoms with Crippen LogP contribution in [-0.2, 0) is 6.54 Å². The van der Waals surface area contributed by atoms with Crippen molar-refractivity contribution in [1.82, 2.24) is 9.55 Å². The Morgan fingerprint density at radius 3 is 3.12 bits per heavy atom.